The van der Waals surface area contributed by atoms with Crippen molar-refractivity contribution < 1.29 is 23.9 Å². The Morgan fingerprint density at radius 1 is 1.15 bits per heavy atom. The van der Waals surface area contributed by atoms with Gasteiger partial charge in [0.25, 0.3) is 5.91 Å². The topological polar surface area (TPSA) is 102 Å². The Balaban J connectivity index is 1.54. The van der Waals surface area contributed by atoms with Crippen molar-refractivity contribution in [3.8, 4) is 0 Å². The molecule has 2 aliphatic rings. The number of rotatable bonds is 8. The lowest BCUT2D eigenvalue weighted by atomic mass is 9.88. The average Bonchev–Trinajstić information content (AvgIpc) is 3.48. The lowest BCUT2D eigenvalue weighted by Crippen LogP contribution is -2.46. The van der Waals surface area contributed by atoms with E-state index in [0.717, 1.165) is 18.4 Å². The maximum absolute atomic E-state index is 12.7. The molecule has 2 unspecified atom stereocenters. The van der Waals surface area contributed by atoms with Crippen LogP contribution in [0.2, 0.25) is 0 Å². The summed E-state index contributed by atoms with van der Waals surface area (Å²) in [5.74, 6) is -1.58. The van der Waals surface area contributed by atoms with Crippen molar-refractivity contribution in [2.45, 2.75) is 44.8 Å². The summed E-state index contributed by atoms with van der Waals surface area (Å²) in [6, 6.07) is 8.60. The molecule has 27 heavy (non-hydrogen) atoms. The SMILES string of the molecule is O=C(NC(CC1CC1)C(=O)CC1CCNC(=O)C1=O)OCc1ccccc1. The average molecular weight is 372 g/mol. The molecule has 2 amide bonds. The van der Waals surface area contributed by atoms with Crippen molar-refractivity contribution in [1.82, 2.24) is 10.6 Å². The molecule has 7 heteroatoms. The van der Waals surface area contributed by atoms with Crippen LogP contribution in [-0.4, -0.2) is 36.2 Å². The molecular formula is C20H24N2O5. The number of alkyl carbamates (subject to hydrolysis) is 1. The van der Waals surface area contributed by atoms with E-state index in [1.54, 1.807) is 0 Å². The van der Waals surface area contributed by atoms with Crippen LogP contribution >= 0.6 is 0 Å². The number of Topliss-reactive ketones (excluding diaryl/α,β-unsaturated/α-hetero) is 2. The number of hydrogen-bond acceptors (Lipinski definition) is 5. The fourth-order valence-electron chi connectivity index (χ4n) is 3.21. The van der Waals surface area contributed by atoms with Crippen molar-refractivity contribution in [3.05, 3.63) is 35.9 Å². The molecule has 2 fully saturated rings. The molecule has 1 aromatic carbocycles. The van der Waals surface area contributed by atoms with Gasteiger partial charge in [-0.15, -0.1) is 0 Å². The van der Waals surface area contributed by atoms with E-state index in [9.17, 15) is 19.2 Å². The zero-order chi connectivity index (χ0) is 19.2. The van der Waals surface area contributed by atoms with Gasteiger partial charge >= 0.3 is 6.09 Å². The van der Waals surface area contributed by atoms with Gasteiger partial charge in [-0.2, -0.15) is 0 Å². The first-order valence-electron chi connectivity index (χ1n) is 9.35. The van der Waals surface area contributed by atoms with Crippen LogP contribution in [0.5, 0.6) is 0 Å². The third-order valence-corrected chi connectivity index (χ3v) is 4.98. The highest BCUT2D eigenvalue weighted by Crippen LogP contribution is 2.34. The van der Waals surface area contributed by atoms with Crippen LogP contribution in [0.1, 0.15) is 37.7 Å². The summed E-state index contributed by atoms with van der Waals surface area (Å²) in [5, 5.41) is 5.13. The zero-order valence-corrected chi connectivity index (χ0v) is 15.1. The second kappa shape index (κ2) is 8.79. The monoisotopic (exact) mass is 372 g/mol. The third kappa shape index (κ3) is 5.64. The van der Waals surface area contributed by atoms with Crippen LogP contribution < -0.4 is 10.6 Å². The molecule has 1 aliphatic carbocycles. The van der Waals surface area contributed by atoms with E-state index in [2.05, 4.69) is 10.6 Å². The molecule has 0 spiro atoms. The summed E-state index contributed by atoms with van der Waals surface area (Å²) in [6.07, 6.45) is 2.40. The van der Waals surface area contributed by atoms with Gasteiger partial charge in [-0.05, 0) is 24.3 Å². The second-order valence-corrected chi connectivity index (χ2v) is 7.21. The quantitative estimate of drug-likeness (QED) is 0.677. The van der Waals surface area contributed by atoms with Gasteiger partial charge < -0.3 is 15.4 Å². The van der Waals surface area contributed by atoms with Crippen LogP contribution in [0.4, 0.5) is 4.79 Å². The highest BCUT2D eigenvalue weighted by molar-refractivity contribution is 6.37. The zero-order valence-electron chi connectivity index (χ0n) is 15.1. The predicted octanol–water partition coefficient (Wildman–Crippen LogP) is 1.75. The molecule has 1 saturated heterocycles. The number of ketones is 2. The van der Waals surface area contributed by atoms with E-state index < -0.39 is 29.7 Å². The van der Waals surface area contributed by atoms with Crippen LogP contribution in [-0.2, 0) is 25.7 Å². The molecule has 0 aromatic heterocycles. The Morgan fingerprint density at radius 3 is 2.59 bits per heavy atom. The molecule has 2 atom stereocenters. The summed E-state index contributed by atoms with van der Waals surface area (Å²) >= 11 is 0. The fraction of sp³-hybridized carbons (Fsp3) is 0.500. The molecular weight excluding hydrogens is 348 g/mol. The number of ether oxygens (including phenoxy) is 1. The Morgan fingerprint density at radius 2 is 1.89 bits per heavy atom. The van der Waals surface area contributed by atoms with Crippen LogP contribution in [0.25, 0.3) is 0 Å². The normalized spacial score (nSPS) is 20.5. The fourth-order valence-corrected chi connectivity index (χ4v) is 3.21. The van der Waals surface area contributed by atoms with Gasteiger partial charge in [0.2, 0.25) is 5.78 Å². The summed E-state index contributed by atoms with van der Waals surface area (Å²) in [7, 11) is 0. The third-order valence-electron chi connectivity index (χ3n) is 4.98. The van der Waals surface area contributed by atoms with Gasteiger partial charge in [0.1, 0.15) is 6.61 Å². The lowest BCUT2D eigenvalue weighted by molar-refractivity contribution is -0.143. The summed E-state index contributed by atoms with van der Waals surface area (Å²) < 4.78 is 5.21. The number of carbonyl (C=O) groups is 4. The molecule has 0 radical (unpaired) electrons. The van der Waals surface area contributed by atoms with Gasteiger partial charge in [0.05, 0.1) is 6.04 Å². The predicted molar refractivity (Wildman–Crippen MR) is 96.6 cm³/mol. The van der Waals surface area contributed by atoms with Gasteiger partial charge in [-0.3, -0.25) is 14.4 Å². The number of benzene rings is 1. The maximum Gasteiger partial charge on any atom is 0.408 e. The Hall–Kier alpha value is -2.70. The van der Waals surface area contributed by atoms with Gasteiger partial charge in [0, 0.05) is 18.9 Å². The molecule has 0 bridgehead atoms. The Kier molecular flexibility index (Phi) is 6.21. The van der Waals surface area contributed by atoms with E-state index in [-0.39, 0.29) is 18.8 Å². The number of hydrogen-bond donors (Lipinski definition) is 2. The van der Waals surface area contributed by atoms with E-state index in [1.807, 2.05) is 30.3 Å². The van der Waals surface area contributed by atoms with Crippen molar-refractivity contribution in [2.24, 2.45) is 11.8 Å². The maximum atomic E-state index is 12.7. The minimum Gasteiger partial charge on any atom is -0.445 e. The first-order valence-corrected chi connectivity index (χ1v) is 9.35. The Labute approximate surface area is 157 Å². The van der Waals surface area contributed by atoms with Gasteiger partial charge in [0.15, 0.2) is 5.78 Å². The minimum atomic E-state index is -0.682. The minimum absolute atomic E-state index is 0.0252. The van der Waals surface area contributed by atoms with Crippen molar-refractivity contribution in [2.75, 3.05) is 6.54 Å². The van der Waals surface area contributed by atoms with Crippen molar-refractivity contribution >= 4 is 23.6 Å². The number of amides is 2. The first kappa shape index (κ1) is 19.1. The smallest absolute Gasteiger partial charge is 0.408 e. The highest BCUT2D eigenvalue weighted by atomic mass is 16.5. The van der Waals surface area contributed by atoms with Crippen LogP contribution in [0.15, 0.2) is 30.3 Å². The summed E-state index contributed by atoms with van der Waals surface area (Å²) in [5.41, 5.74) is 0.858. The largest absolute Gasteiger partial charge is 0.445 e. The Bertz CT molecular complexity index is 714. The molecule has 1 saturated carbocycles. The number of piperidine rings is 1. The number of nitrogens with one attached hydrogen (secondary N) is 2. The molecule has 1 heterocycles. The van der Waals surface area contributed by atoms with E-state index in [0.29, 0.717) is 25.3 Å². The molecule has 7 nitrogen and oxygen atoms in total. The molecule has 144 valence electrons. The van der Waals surface area contributed by atoms with E-state index >= 15 is 0 Å². The summed E-state index contributed by atoms with van der Waals surface area (Å²) in [4.78, 5) is 48.2. The summed E-state index contributed by atoms with van der Waals surface area (Å²) in [6.45, 7) is 0.515. The highest BCUT2D eigenvalue weighted by Gasteiger charge is 2.35. The second-order valence-electron chi connectivity index (χ2n) is 7.21. The molecule has 1 aromatic rings. The van der Waals surface area contributed by atoms with E-state index in [4.69, 9.17) is 4.74 Å². The van der Waals surface area contributed by atoms with E-state index in [1.165, 1.54) is 0 Å². The molecule has 3 rings (SSSR count). The van der Waals surface area contributed by atoms with Crippen molar-refractivity contribution in [1.29, 1.82) is 0 Å². The van der Waals surface area contributed by atoms with Crippen LogP contribution in [0.3, 0.4) is 0 Å². The first-order chi connectivity index (χ1) is 13.0. The lowest BCUT2D eigenvalue weighted by Gasteiger charge is -2.23. The molecule has 1 aliphatic heterocycles. The standard InChI is InChI=1S/C20H24N2O5/c23-17(11-15-8-9-21-19(25)18(15)24)16(10-13-6-7-13)22-20(26)27-12-14-4-2-1-3-5-14/h1-5,13,15-16H,6-12H2,(H,21,25)(H,22,26). The molecule has 2 N–H and O–H groups in total. The van der Waals surface area contributed by atoms with Gasteiger partial charge in [-0.25, -0.2) is 4.79 Å². The number of carbonyl (C=O) groups excluding carboxylic acids is 4. The van der Waals surface area contributed by atoms with Crippen LogP contribution in [0, 0.1) is 11.8 Å². The van der Waals surface area contributed by atoms with Crippen molar-refractivity contribution in [3.63, 3.8) is 0 Å². The van der Waals surface area contributed by atoms with Gasteiger partial charge in [-0.1, -0.05) is 43.2 Å².